The van der Waals surface area contributed by atoms with Crippen molar-refractivity contribution in [3.05, 3.63) is 47.1 Å². The van der Waals surface area contributed by atoms with Crippen LogP contribution in [0.25, 0.3) is 31.7 Å². The van der Waals surface area contributed by atoms with Crippen LogP contribution in [0.4, 0.5) is 0 Å². The van der Waals surface area contributed by atoms with Crippen LogP contribution in [0.1, 0.15) is 5.56 Å². The third-order valence-electron chi connectivity index (χ3n) is 3.51. The molecule has 2 aromatic carbocycles. The molecule has 0 aliphatic heterocycles. The van der Waals surface area contributed by atoms with Gasteiger partial charge in [0.25, 0.3) is 0 Å². The Bertz CT molecular complexity index is 984. The summed E-state index contributed by atoms with van der Waals surface area (Å²) in [4.78, 5) is 4.71. The highest BCUT2D eigenvalue weighted by molar-refractivity contribution is 7.21. The quantitative estimate of drug-likeness (QED) is 0.505. The van der Waals surface area contributed by atoms with Crippen LogP contribution in [-0.4, -0.2) is 14.8 Å². The molecule has 0 saturated heterocycles. The van der Waals surface area contributed by atoms with Crippen LogP contribution >= 0.6 is 22.9 Å². The molecular formula is C16H12ClN3S. The Labute approximate surface area is 130 Å². The van der Waals surface area contributed by atoms with Gasteiger partial charge in [0, 0.05) is 29.2 Å². The minimum atomic E-state index is 0.747. The van der Waals surface area contributed by atoms with Crippen molar-refractivity contribution in [3.63, 3.8) is 0 Å². The summed E-state index contributed by atoms with van der Waals surface area (Å²) in [5.74, 6) is 0. The maximum atomic E-state index is 6.05. The summed E-state index contributed by atoms with van der Waals surface area (Å²) in [6, 6.07) is 10.1. The third kappa shape index (κ3) is 2.11. The monoisotopic (exact) mass is 313 g/mol. The number of hydrogen-bond donors (Lipinski definition) is 0. The summed E-state index contributed by atoms with van der Waals surface area (Å²) in [6.07, 6.45) is 2.04. The normalized spacial score (nSPS) is 11.6. The van der Waals surface area contributed by atoms with Gasteiger partial charge in [-0.2, -0.15) is 5.10 Å². The second kappa shape index (κ2) is 4.55. The van der Waals surface area contributed by atoms with E-state index in [-0.39, 0.29) is 0 Å². The first-order valence-electron chi connectivity index (χ1n) is 6.60. The first-order chi connectivity index (χ1) is 10.1. The van der Waals surface area contributed by atoms with Gasteiger partial charge in [0.2, 0.25) is 0 Å². The Morgan fingerprint density at radius 2 is 2.05 bits per heavy atom. The van der Waals surface area contributed by atoms with Crippen LogP contribution in [0.2, 0.25) is 5.02 Å². The van der Waals surface area contributed by atoms with Crippen LogP contribution in [0.3, 0.4) is 0 Å². The summed E-state index contributed by atoms with van der Waals surface area (Å²) in [6.45, 7) is 2.09. The molecule has 4 aromatic rings. The predicted molar refractivity (Wildman–Crippen MR) is 89.1 cm³/mol. The van der Waals surface area contributed by atoms with Crippen LogP contribution in [0.15, 0.2) is 36.5 Å². The maximum absolute atomic E-state index is 6.05. The molecule has 104 valence electrons. The molecule has 0 aliphatic carbocycles. The van der Waals surface area contributed by atoms with Gasteiger partial charge in [-0.1, -0.05) is 11.6 Å². The first kappa shape index (κ1) is 12.8. The fraction of sp³-hybridized carbons (Fsp3) is 0.125. The van der Waals surface area contributed by atoms with Gasteiger partial charge < -0.3 is 0 Å². The molecule has 0 atom stereocenters. The van der Waals surface area contributed by atoms with Gasteiger partial charge in [-0.05, 0) is 42.8 Å². The van der Waals surface area contributed by atoms with E-state index in [0.29, 0.717) is 0 Å². The number of rotatable bonds is 1. The lowest BCUT2D eigenvalue weighted by atomic mass is 10.1. The van der Waals surface area contributed by atoms with Crippen molar-refractivity contribution in [2.75, 3.05) is 0 Å². The summed E-state index contributed by atoms with van der Waals surface area (Å²) in [5, 5.41) is 7.39. The molecule has 0 unspecified atom stereocenters. The summed E-state index contributed by atoms with van der Waals surface area (Å²) < 4.78 is 2.96. The number of thiazole rings is 1. The molecule has 0 N–H and O–H groups in total. The Kier molecular flexibility index (Phi) is 2.77. The molecule has 2 aromatic heterocycles. The number of fused-ring (bicyclic) bond motifs is 2. The molecule has 0 aliphatic rings. The highest BCUT2D eigenvalue weighted by Gasteiger charge is 2.10. The third-order valence-corrected chi connectivity index (χ3v) is 4.81. The Balaban J connectivity index is 1.94. The standard InChI is InChI=1S/C16H12ClN3S/c1-9-5-10(6-11-8-20(2)19-15(9)11)16-18-13-4-3-12(17)7-14(13)21-16/h3-8H,1-2H3. The molecule has 0 fully saturated rings. The smallest absolute Gasteiger partial charge is 0.124 e. The lowest BCUT2D eigenvalue weighted by Gasteiger charge is -1.99. The fourth-order valence-corrected chi connectivity index (χ4v) is 3.80. The van der Waals surface area contributed by atoms with Crippen LogP contribution < -0.4 is 0 Å². The Morgan fingerprint density at radius 3 is 2.90 bits per heavy atom. The van der Waals surface area contributed by atoms with Crippen molar-refractivity contribution in [2.24, 2.45) is 7.05 Å². The van der Waals surface area contributed by atoms with Crippen LogP contribution in [-0.2, 0) is 7.05 Å². The van der Waals surface area contributed by atoms with E-state index in [9.17, 15) is 0 Å². The van der Waals surface area contributed by atoms with E-state index in [0.717, 1.165) is 36.7 Å². The van der Waals surface area contributed by atoms with Crippen molar-refractivity contribution in [3.8, 4) is 10.6 Å². The predicted octanol–water partition coefficient (Wildman–Crippen LogP) is 4.81. The topological polar surface area (TPSA) is 30.7 Å². The van der Waals surface area contributed by atoms with E-state index < -0.39 is 0 Å². The molecule has 5 heteroatoms. The molecule has 4 rings (SSSR count). The van der Waals surface area contributed by atoms with E-state index in [1.165, 1.54) is 5.56 Å². The Hall–Kier alpha value is -1.91. The highest BCUT2D eigenvalue weighted by Crippen LogP contribution is 2.33. The van der Waals surface area contributed by atoms with E-state index >= 15 is 0 Å². The summed E-state index contributed by atoms with van der Waals surface area (Å²) >= 11 is 7.71. The second-order valence-corrected chi connectivity index (χ2v) is 6.63. The number of benzene rings is 2. The first-order valence-corrected chi connectivity index (χ1v) is 7.80. The molecule has 0 bridgehead atoms. The van der Waals surface area contributed by atoms with Crippen LogP contribution in [0, 0.1) is 6.92 Å². The van der Waals surface area contributed by atoms with Gasteiger partial charge in [-0.25, -0.2) is 4.98 Å². The summed E-state index contributed by atoms with van der Waals surface area (Å²) in [5.41, 5.74) is 4.33. The van der Waals surface area contributed by atoms with Gasteiger partial charge in [0.05, 0.1) is 15.7 Å². The lowest BCUT2D eigenvalue weighted by molar-refractivity contribution is 0.779. The second-order valence-electron chi connectivity index (χ2n) is 5.16. The van der Waals surface area contributed by atoms with Gasteiger partial charge in [0.1, 0.15) is 5.01 Å². The van der Waals surface area contributed by atoms with E-state index in [1.54, 1.807) is 11.3 Å². The van der Waals surface area contributed by atoms with Crippen molar-refractivity contribution >= 4 is 44.1 Å². The number of aryl methyl sites for hydroxylation is 2. The fourth-order valence-electron chi connectivity index (χ4n) is 2.58. The zero-order chi connectivity index (χ0) is 14.6. The molecule has 21 heavy (non-hydrogen) atoms. The molecule has 0 radical (unpaired) electrons. The molecule has 0 spiro atoms. The minimum Gasteiger partial charge on any atom is -0.275 e. The number of aromatic nitrogens is 3. The zero-order valence-corrected chi connectivity index (χ0v) is 13.2. The molecule has 3 nitrogen and oxygen atoms in total. The average Bonchev–Trinajstić information content (AvgIpc) is 3.00. The summed E-state index contributed by atoms with van der Waals surface area (Å²) in [7, 11) is 1.94. The minimum absolute atomic E-state index is 0.747. The average molecular weight is 314 g/mol. The Morgan fingerprint density at radius 1 is 1.19 bits per heavy atom. The van der Waals surface area contributed by atoms with Gasteiger partial charge in [-0.3, -0.25) is 4.68 Å². The SMILES string of the molecule is Cc1cc(-c2nc3ccc(Cl)cc3s2)cc2cn(C)nc12. The van der Waals surface area contributed by atoms with E-state index in [2.05, 4.69) is 24.2 Å². The molecule has 0 amide bonds. The lowest BCUT2D eigenvalue weighted by Crippen LogP contribution is -1.86. The van der Waals surface area contributed by atoms with E-state index in [4.69, 9.17) is 16.6 Å². The molecule has 2 heterocycles. The molecule has 0 saturated carbocycles. The van der Waals surface area contributed by atoms with Gasteiger partial charge in [0.15, 0.2) is 0 Å². The number of hydrogen-bond acceptors (Lipinski definition) is 3. The number of nitrogens with zero attached hydrogens (tertiary/aromatic N) is 3. The maximum Gasteiger partial charge on any atom is 0.124 e. The molecular weight excluding hydrogens is 302 g/mol. The zero-order valence-electron chi connectivity index (χ0n) is 11.6. The van der Waals surface area contributed by atoms with Gasteiger partial charge in [-0.15, -0.1) is 11.3 Å². The van der Waals surface area contributed by atoms with Gasteiger partial charge >= 0.3 is 0 Å². The highest BCUT2D eigenvalue weighted by atomic mass is 35.5. The van der Waals surface area contributed by atoms with E-state index in [1.807, 2.05) is 36.1 Å². The van der Waals surface area contributed by atoms with Crippen molar-refractivity contribution in [1.82, 2.24) is 14.8 Å². The van der Waals surface area contributed by atoms with Crippen molar-refractivity contribution in [1.29, 1.82) is 0 Å². The largest absolute Gasteiger partial charge is 0.275 e. The van der Waals surface area contributed by atoms with Crippen LogP contribution in [0.5, 0.6) is 0 Å². The van der Waals surface area contributed by atoms with Crippen molar-refractivity contribution < 1.29 is 0 Å². The number of halogens is 1. The van der Waals surface area contributed by atoms with Crippen molar-refractivity contribution in [2.45, 2.75) is 6.92 Å².